The van der Waals surface area contributed by atoms with Crippen molar-refractivity contribution in [1.82, 2.24) is 29.7 Å². The van der Waals surface area contributed by atoms with Crippen molar-refractivity contribution in [1.29, 1.82) is 0 Å². The van der Waals surface area contributed by atoms with Gasteiger partial charge >= 0.3 is 0 Å². The van der Waals surface area contributed by atoms with Crippen molar-refractivity contribution in [3.8, 4) is 11.5 Å². The van der Waals surface area contributed by atoms with Crippen LogP contribution in [-0.2, 0) is 13.0 Å². The van der Waals surface area contributed by atoms with Crippen molar-refractivity contribution >= 4 is 11.8 Å². The molecule has 6 nitrogen and oxygen atoms in total. The van der Waals surface area contributed by atoms with Gasteiger partial charge in [0, 0.05) is 18.4 Å². The Hall–Kier alpha value is -2.28. The fourth-order valence-corrected chi connectivity index (χ4v) is 3.18. The number of aryl methyl sites for hydroxylation is 2. The molecule has 0 aliphatic heterocycles. The Kier molecular flexibility index (Phi) is 4.66. The lowest BCUT2D eigenvalue weighted by Gasteiger charge is -2.07. The number of hydrogen-bond acceptors (Lipinski definition) is 6. The van der Waals surface area contributed by atoms with Gasteiger partial charge in [-0.3, -0.25) is 4.98 Å². The number of aromatic nitrogens is 6. The topological polar surface area (TPSA) is 69.4 Å². The zero-order chi connectivity index (χ0) is 16.2. The molecule has 3 aromatic heterocycles. The highest BCUT2D eigenvalue weighted by molar-refractivity contribution is 7.99. The molecule has 0 bridgehead atoms. The molecule has 0 N–H and O–H groups in total. The molecule has 0 aliphatic rings. The van der Waals surface area contributed by atoms with Gasteiger partial charge in [0.2, 0.25) is 0 Å². The van der Waals surface area contributed by atoms with E-state index < -0.39 is 0 Å². The molecular weight excluding hydrogens is 308 g/mol. The highest BCUT2D eigenvalue weighted by atomic mass is 32.2. The van der Waals surface area contributed by atoms with Crippen LogP contribution in [0.25, 0.3) is 11.5 Å². The SMILES string of the molecule is CCc1cc(Sc2nnc(C)n2CC)nc(-c2ccccn2)n1. The average Bonchev–Trinajstić information content (AvgIpc) is 2.94. The summed E-state index contributed by atoms with van der Waals surface area (Å²) >= 11 is 1.51. The van der Waals surface area contributed by atoms with Crippen molar-refractivity contribution in [3.05, 3.63) is 42.0 Å². The Morgan fingerprint density at radius 2 is 2.00 bits per heavy atom. The molecule has 0 fully saturated rings. The molecule has 0 saturated carbocycles. The first-order valence-corrected chi connectivity index (χ1v) is 8.40. The maximum Gasteiger partial charge on any atom is 0.197 e. The predicted molar refractivity (Wildman–Crippen MR) is 89.2 cm³/mol. The lowest BCUT2D eigenvalue weighted by atomic mass is 10.3. The quantitative estimate of drug-likeness (QED) is 0.671. The summed E-state index contributed by atoms with van der Waals surface area (Å²) in [5.74, 6) is 1.55. The monoisotopic (exact) mass is 326 g/mol. The van der Waals surface area contributed by atoms with Crippen LogP contribution in [0.2, 0.25) is 0 Å². The van der Waals surface area contributed by atoms with Crippen molar-refractivity contribution in [2.75, 3.05) is 0 Å². The predicted octanol–water partition coefficient (Wildman–Crippen LogP) is 3.17. The standard InChI is InChI=1S/C16H18N6S/c1-4-12-10-14(23-16-21-20-11(3)22(16)5-2)19-15(18-12)13-8-6-7-9-17-13/h6-10H,4-5H2,1-3H3. The highest BCUT2D eigenvalue weighted by Crippen LogP contribution is 2.27. The number of rotatable bonds is 5. The zero-order valence-corrected chi connectivity index (χ0v) is 14.2. The van der Waals surface area contributed by atoms with E-state index >= 15 is 0 Å². The summed E-state index contributed by atoms with van der Waals surface area (Å²) in [6.07, 6.45) is 2.59. The summed E-state index contributed by atoms with van der Waals surface area (Å²) in [7, 11) is 0. The van der Waals surface area contributed by atoms with Gasteiger partial charge < -0.3 is 4.57 Å². The lowest BCUT2D eigenvalue weighted by Crippen LogP contribution is -2.01. The fraction of sp³-hybridized carbons (Fsp3) is 0.312. The third-order valence-corrected chi connectivity index (χ3v) is 4.33. The van der Waals surface area contributed by atoms with Gasteiger partial charge in [-0.1, -0.05) is 13.0 Å². The molecule has 0 radical (unpaired) electrons. The molecule has 118 valence electrons. The minimum absolute atomic E-state index is 0.645. The minimum atomic E-state index is 0.645. The summed E-state index contributed by atoms with van der Waals surface area (Å²) in [4.78, 5) is 13.6. The normalized spacial score (nSPS) is 10.9. The van der Waals surface area contributed by atoms with Crippen LogP contribution in [0.3, 0.4) is 0 Å². The fourth-order valence-electron chi connectivity index (χ4n) is 2.21. The van der Waals surface area contributed by atoms with Crippen molar-refractivity contribution < 1.29 is 0 Å². The van der Waals surface area contributed by atoms with E-state index in [1.165, 1.54) is 11.8 Å². The zero-order valence-electron chi connectivity index (χ0n) is 13.4. The minimum Gasteiger partial charge on any atom is -0.306 e. The Balaban J connectivity index is 1.99. The largest absolute Gasteiger partial charge is 0.306 e. The van der Waals surface area contributed by atoms with Crippen LogP contribution in [0.1, 0.15) is 25.4 Å². The Bertz CT molecular complexity index is 800. The number of hydrogen-bond donors (Lipinski definition) is 0. The van der Waals surface area contributed by atoms with E-state index in [9.17, 15) is 0 Å². The summed E-state index contributed by atoms with van der Waals surface area (Å²) in [5, 5.41) is 10.1. The molecule has 0 aromatic carbocycles. The lowest BCUT2D eigenvalue weighted by molar-refractivity contribution is 0.661. The van der Waals surface area contributed by atoms with Crippen LogP contribution >= 0.6 is 11.8 Å². The number of pyridine rings is 1. The maximum absolute atomic E-state index is 4.64. The van der Waals surface area contributed by atoms with Crippen LogP contribution in [0.4, 0.5) is 0 Å². The first kappa shape index (κ1) is 15.6. The van der Waals surface area contributed by atoms with E-state index in [-0.39, 0.29) is 0 Å². The Morgan fingerprint density at radius 1 is 1.13 bits per heavy atom. The van der Waals surface area contributed by atoms with Gasteiger partial charge in [-0.15, -0.1) is 10.2 Å². The van der Waals surface area contributed by atoms with E-state index in [0.29, 0.717) is 5.82 Å². The van der Waals surface area contributed by atoms with Crippen LogP contribution in [0.5, 0.6) is 0 Å². The second-order valence-corrected chi connectivity index (χ2v) is 5.95. The third kappa shape index (κ3) is 3.39. The van der Waals surface area contributed by atoms with E-state index in [1.54, 1.807) is 6.20 Å². The molecule has 23 heavy (non-hydrogen) atoms. The van der Waals surface area contributed by atoms with Crippen LogP contribution in [0.15, 0.2) is 40.6 Å². The van der Waals surface area contributed by atoms with Gasteiger partial charge in [-0.2, -0.15) is 0 Å². The van der Waals surface area contributed by atoms with E-state index in [1.807, 2.05) is 31.2 Å². The maximum atomic E-state index is 4.64. The molecular formula is C16H18N6S. The van der Waals surface area contributed by atoms with E-state index in [4.69, 9.17) is 0 Å². The molecule has 0 aliphatic carbocycles. The summed E-state index contributed by atoms with van der Waals surface area (Å²) < 4.78 is 2.07. The summed E-state index contributed by atoms with van der Waals surface area (Å²) in [5.41, 5.74) is 1.76. The second kappa shape index (κ2) is 6.87. The molecule has 3 aromatic rings. The van der Waals surface area contributed by atoms with Crippen molar-refractivity contribution in [3.63, 3.8) is 0 Å². The van der Waals surface area contributed by atoms with Gasteiger partial charge in [0.05, 0.1) is 0 Å². The van der Waals surface area contributed by atoms with Crippen molar-refractivity contribution in [2.45, 2.75) is 43.9 Å². The average molecular weight is 326 g/mol. The van der Waals surface area contributed by atoms with E-state index in [0.717, 1.165) is 40.4 Å². The molecule has 0 saturated heterocycles. The number of nitrogens with zero attached hydrogens (tertiary/aromatic N) is 6. The molecule has 3 heterocycles. The van der Waals surface area contributed by atoms with Gasteiger partial charge in [0.25, 0.3) is 0 Å². The molecule has 3 rings (SSSR count). The van der Waals surface area contributed by atoms with Crippen LogP contribution in [0, 0.1) is 6.92 Å². The summed E-state index contributed by atoms with van der Waals surface area (Å²) in [6.45, 7) is 6.95. The van der Waals surface area contributed by atoms with Crippen molar-refractivity contribution in [2.24, 2.45) is 0 Å². The third-order valence-electron chi connectivity index (χ3n) is 3.43. The highest BCUT2D eigenvalue weighted by Gasteiger charge is 2.13. The van der Waals surface area contributed by atoms with Gasteiger partial charge in [0.1, 0.15) is 16.5 Å². The summed E-state index contributed by atoms with van der Waals surface area (Å²) in [6, 6.07) is 7.74. The molecule has 0 unspecified atom stereocenters. The van der Waals surface area contributed by atoms with Crippen LogP contribution in [-0.4, -0.2) is 29.7 Å². The second-order valence-electron chi connectivity index (χ2n) is 4.97. The van der Waals surface area contributed by atoms with Gasteiger partial charge in [-0.05, 0) is 50.2 Å². The van der Waals surface area contributed by atoms with Crippen LogP contribution < -0.4 is 0 Å². The molecule has 0 amide bonds. The Morgan fingerprint density at radius 3 is 2.70 bits per heavy atom. The molecule has 7 heteroatoms. The van der Waals surface area contributed by atoms with Gasteiger partial charge in [0.15, 0.2) is 11.0 Å². The molecule has 0 atom stereocenters. The smallest absolute Gasteiger partial charge is 0.197 e. The first-order valence-electron chi connectivity index (χ1n) is 7.58. The van der Waals surface area contributed by atoms with Gasteiger partial charge in [-0.25, -0.2) is 9.97 Å². The van der Waals surface area contributed by atoms with E-state index in [2.05, 4.69) is 43.6 Å². The Labute approximate surface area is 139 Å². The molecule has 0 spiro atoms. The first-order chi connectivity index (χ1) is 11.2.